The number of carbonyl (C=O) groups excluding carboxylic acids is 3. The standard InChI is InChI=1S/C35H30O19/c36-15-3-1-11(5-17(15)38)2-4-16(37)25-18(39)6-12(7-19(25)40)52-35-31(48)30(47)32-22(53-35)10-51-33(49)13-8-20(41)26(43)28(45)23(13)24-14(34(50)54-32)9-21(42)27(44)29(24)46/h1,3,5-9,22,30-32,35-36,38-48H,2,4,10H2. The first-order valence-electron chi connectivity index (χ1n) is 15.7. The van der Waals surface area contributed by atoms with E-state index in [4.69, 9.17) is 18.9 Å². The maximum Gasteiger partial charge on any atom is 0.339 e. The molecule has 0 radical (unpaired) electrons. The number of benzene rings is 4. The fourth-order valence-electron chi connectivity index (χ4n) is 6.00. The fraction of sp³-hybridized carbons (Fsp3) is 0.229. The normalized spacial score (nSPS) is 21.0. The molecule has 0 saturated carbocycles. The molecule has 1 fully saturated rings. The average molecular weight is 755 g/mol. The Balaban J connectivity index is 1.29. The topological polar surface area (TPSA) is 331 Å². The van der Waals surface area contributed by atoms with Gasteiger partial charge in [-0.25, -0.2) is 9.59 Å². The van der Waals surface area contributed by atoms with Gasteiger partial charge in [0.05, 0.1) is 11.1 Å². The lowest BCUT2D eigenvalue weighted by Gasteiger charge is -2.41. The van der Waals surface area contributed by atoms with Gasteiger partial charge in [-0.05, 0) is 36.2 Å². The SMILES string of the molecule is O=C1OCC2OC(Oc3cc(O)c(C(=O)CCc4ccc(O)c(O)c4)c(O)c3)C(O)C(O)C2OC(=O)c2cc(O)c(O)c(O)c2-c2c1cc(O)c(O)c2O. The molecule has 19 heteroatoms. The summed E-state index contributed by atoms with van der Waals surface area (Å²) in [7, 11) is 0. The number of phenolic OH excluding ortho intramolecular Hbond substituents is 10. The van der Waals surface area contributed by atoms with Crippen LogP contribution in [-0.2, 0) is 20.6 Å². The zero-order valence-electron chi connectivity index (χ0n) is 27.3. The van der Waals surface area contributed by atoms with Crippen LogP contribution in [0.15, 0.2) is 42.5 Å². The van der Waals surface area contributed by atoms with E-state index in [2.05, 4.69) is 0 Å². The third-order valence-electron chi connectivity index (χ3n) is 8.74. The van der Waals surface area contributed by atoms with Crippen molar-refractivity contribution in [3.05, 3.63) is 64.7 Å². The quantitative estimate of drug-likeness (QED) is 0.0752. The van der Waals surface area contributed by atoms with Crippen LogP contribution in [0.3, 0.4) is 0 Å². The maximum absolute atomic E-state index is 13.6. The van der Waals surface area contributed by atoms with Crippen LogP contribution in [0.2, 0.25) is 0 Å². The fourth-order valence-corrected chi connectivity index (χ4v) is 6.00. The second kappa shape index (κ2) is 14.0. The van der Waals surface area contributed by atoms with E-state index in [0.717, 1.165) is 12.1 Å². The van der Waals surface area contributed by atoms with Crippen LogP contribution in [0.1, 0.15) is 43.1 Å². The highest BCUT2D eigenvalue weighted by molar-refractivity contribution is 6.08. The lowest BCUT2D eigenvalue weighted by atomic mass is 9.92. The van der Waals surface area contributed by atoms with Gasteiger partial charge in [-0.3, -0.25) is 4.79 Å². The molecule has 54 heavy (non-hydrogen) atoms. The molecule has 2 heterocycles. The van der Waals surface area contributed by atoms with E-state index >= 15 is 0 Å². The number of esters is 2. The molecule has 5 atom stereocenters. The molecule has 5 unspecified atom stereocenters. The first kappa shape index (κ1) is 36.9. The van der Waals surface area contributed by atoms with Gasteiger partial charge in [0.25, 0.3) is 0 Å². The molecular formula is C35H30O19. The second-order valence-electron chi connectivity index (χ2n) is 12.2. The Kier molecular flexibility index (Phi) is 9.55. The van der Waals surface area contributed by atoms with Crippen molar-refractivity contribution in [3.8, 4) is 74.4 Å². The molecule has 0 bridgehead atoms. The van der Waals surface area contributed by atoms with E-state index in [0.29, 0.717) is 17.7 Å². The van der Waals surface area contributed by atoms with Gasteiger partial charge in [0.1, 0.15) is 47.7 Å². The monoisotopic (exact) mass is 754 g/mol. The summed E-state index contributed by atoms with van der Waals surface area (Å²) in [5.41, 5.74) is -3.44. The lowest BCUT2D eigenvalue weighted by molar-refractivity contribution is -0.276. The Morgan fingerprint density at radius 2 is 1.24 bits per heavy atom. The van der Waals surface area contributed by atoms with Crippen LogP contribution < -0.4 is 4.74 Å². The van der Waals surface area contributed by atoms with Gasteiger partial charge in [-0.1, -0.05) is 6.07 Å². The van der Waals surface area contributed by atoms with E-state index in [1.807, 2.05) is 0 Å². The second-order valence-corrected chi connectivity index (χ2v) is 12.2. The largest absolute Gasteiger partial charge is 0.507 e. The van der Waals surface area contributed by atoms with E-state index in [1.54, 1.807) is 0 Å². The van der Waals surface area contributed by atoms with Crippen LogP contribution in [0.25, 0.3) is 11.1 Å². The molecule has 2 aliphatic rings. The number of aliphatic hydroxyl groups excluding tert-OH is 2. The first-order valence-corrected chi connectivity index (χ1v) is 15.7. The molecule has 4 aromatic rings. The van der Waals surface area contributed by atoms with Gasteiger partial charge < -0.3 is 80.2 Å². The molecular weight excluding hydrogens is 724 g/mol. The van der Waals surface area contributed by atoms with Crippen LogP contribution in [0.4, 0.5) is 0 Å². The minimum absolute atomic E-state index is 0.0499. The highest BCUT2D eigenvalue weighted by atomic mass is 16.7. The van der Waals surface area contributed by atoms with E-state index in [-0.39, 0.29) is 18.6 Å². The Labute approximate surface area is 301 Å². The number of carbonyl (C=O) groups is 3. The summed E-state index contributed by atoms with van der Waals surface area (Å²) >= 11 is 0. The number of hydrogen-bond donors (Lipinski definition) is 12. The number of Topliss-reactive ketones (excluding diaryl/α,β-unsaturated/α-hetero) is 1. The summed E-state index contributed by atoms with van der Waals surface area (Å²) in [5, 5.41) is 125. The van der Waals surface area contributed by atoms with Crippen molar-refractivity contribution in [2.45, 2.75) is 43.5 Å². The van der Waals surface area contributed by atoms with Crippen LogP contribution in [0, 0.1) is 0 Å². The molecule has 0 amide bonds. The molecule has 6 rings (SSSR count). The van der Waals surface area contributed by atoms with Gasteiger partial charge in [0, 0.05) is 29.7 Å². The Hall–Kier alpha value is -6.83. The molecule has 4 aromatic carbocycles. The van der Waals surface area contributed by atoms with Crippen molar-refractivity contribution in [1.82, 2.24) is 0 Å². The summed E-state index contributed by atoms with van der Waals surface area (Å²) in [6.45, 7) is -0.913. The van der Waals surface area contributed by atoms with Crippen LogP contribution in [-0.4, -0.2) is 116 Å². The summed E-state index contributed by atoms with van der Waals surface area (Å²) < 4.78 is 21.9. The number of aryl methyl sites for hydroxylation is 1. The Bertz CT molecular complexity index is 2170. The van der Waals surface area contributed by atoms with Crippen LogP contribution in [0.5, 0.6) is 63.2 Å². The van der Waals surface area contributed by atoms with Crippen molar-refractivity contribution in [2.24, 2.45) is 0 Å². The maximum atomic E-state index is 13.6. The van der Waals surface area contributed by atoms with Crippen molar-refractivity contribution in [3.63, 3.8) is 0 Å². The number of ketones is 1. The highest BCUT2D eigenvalue weighted by Gasteiger charge is 2.49. The molecule has 284 valence electrons. The number of aromatic hydroxyl groups is 10. The third kappa shape index (κ3) is 6.53. The van der Waals surface area contributed by atoms with E-state index in [1.165, 1.54) is 18.2 Å². The first-order chi connectivity index (χ1) is 25.5. The predicted octanol–water partition coefficient (Wildman–Crippen LogP) is 1.45. The number of aliphatic hydroxyl groups is 2. The number of phenols is 10. The molecule has 1 saturated heterocycles. The van der Waals surface area contributed by atoms with Gasteiger partial charge in [0.15, 0.2) is 46.4 Å². The molecule has 2 aliphatic heterocycles. The minimum atomic E-state index is -2.12. The molecule has 0 aromatic heterocycles. The van der Waals surface area contributed by atoms with Crippen molar-refractivity contribution in [1.29, 1.82) is 0 Å². The predicted molar refractivity (Wildman–Crippen MR) is 175 cm³/mol. The van der Waals surface area contributed by atoms with Crippen LogP contribution >= 0.6 is 0 Å². The molecule has 12 N–H and O–H groups in total. The van der Waals surface area contributed by atoms with Crippen molar-refractivity contribution in [2.75, 3.05) is 6.61 Å². The number of rotatable bonds is 6. The van der Waals surface area contributed by atoms with Gasteiger partial charge in [-0.15, -0.1) is 0 Å². The van der Waals surface area contributed by atoms with Gasteiger partial charge in [-0.2, -0.15) is 0 Å². The minimum Gasteiger partial charge on any atom is -0.507 e. The summed E-state index contributed by atoms with van der Waals surface area (Å²) in [6.07, 6.45) is -9.95. The average Bonchev–Trinajstić information content (AvgIpc) is 3.13. The zero-order valence-corrected chi connectivity index (χ0v) is 27.3. The highest BCUT2D eigenvalue weighted by Crippen LogP contribution is 2.53. The molecule has 0 aliphatic carbocycles. The number of cyclic esters (lactones) is 1. The third-order valence-corrected chi connectivity index (χ3v) is 8.74. The number of ether oxygens (including phenoxy) is 4. The summed E-state index contributed by atoms with van der Waals surface area (Å²) in [6, 6.07) is 6.82. The zero-order chi connectivity index (χ0) is 39.3. The Morgan fingerprint density at radius 3 is 1.81 bits per heavy atom. The molecule has 19 nitrogen and oxygen atoms in total. The van der Waals surface area contributed by atoms with E-state index < -0.39 is 140 Å². The van der Waals surface area contributed by atoms with Gasteiger partial charge >= 0.3 is 11.9 Å². The Morgan fingerprint density at radius 1 is 0.667 bits per heavy atom. The van der Waals surface area contributed by atoms with Gasteiger partial charge in [0.2, 0.25) is 17.8 Å². The van der Waals surface area contributed by atoms with Crippen molar-refractivity contribution < 1.29 is 94.6 Å². The number of fused-ring (bicyclic) bond motifs is 4. The summed E-state index contributed by atoms with van der Waals surface area (Å²) in [5.74, 6) is -13.5. The van der Waals surface area contributed by atoms with Crippen molar-refractivity contribution >= 4 is 17.7 Å². The lowest BCUT2D eigenvalue weighted by Crippen LogP contribution is -2.61. The molecule has 0 spiro atoms. The summed E-state index contributed by atoms with van der Waals surface area (Å²) in [4.78, 5) is 39.8. The smallest absolute Gasteiger partial charge is 0.339 e. The van der Waals surface area contributed by atoms with E-state index in [9.17, 15) is 75.7 Å². The number of hydrogen-bond acceptors (Lipinski definition) is 19.